The summed E-state index contributed by atoms with van der Waals surface area (Å²) in [7, 11) is 0. The smallest absolute Gasteiger partial charge is 0.251 e. The number of piperidine rings is 1. The van der Waals surface area contributed by atoms with Crippen LogP contribution < -0.4 is 15.4 Å². The van der Waals surface area contributed by atoms with Crippen molar-refractivity contribution < 1.29 is 14.3 Å². The van der Waals surface area contributed by atoms with E-state index in [1.54, 1.807) is 6.07 Å². The van der Waals surface area contributed by atoms with Crippen LogP contribution in [0.3, 0.4) is 0 Å². The molecule has 0 radical (unpaired) electrons. The van der Waals surface area contributed by atoms with Crippen molar-refractivity contribution in [2.24, 2.45) is 11.8 Å². The van der Waals surface area contributed by atoms with E-state index in [0.29, 0.717) is 12.1 Å². The van der Waals surface area contributed by atoms with Crippen LogP contribution in [0, 0.1) is 11.8 Å². The van der Waals surface area contributed by atoms with E-state index in [1.165, 1.54) is 0 Å². The maximum Gasteiger partial charge on any atom is 0.251 e. The minimum absolute atomic E-state index is 0.0248. The highest BCUT2D eigenvalue weighted by molar-refractivity contribution is 9.10. The van der Waals surface area contributed by atoms with E-state index in [9.17, 15) is 9.59 Å². The summed E-state index contributed by atoms with van der Waals surface area (Å²) in [5.74, 6) is 0.754. The number of hydrogen-bond acceptors (Lipinski definition) is 3. The summed E-state index contributed by atoms with van der Waals surface area (Å²) in [5.41, 5.74) is 1.36. The summed E-state index contributed by atoms with van der Waals surface area (Å²) in [6, 6.07) is 3.86. The highest BCUT2D eigenvalue weighted by Gasteiger charge is 2.34. The van der Waals surface area contributed by atoms with Crippen LogP contribution in [0.25, 0.3) is 0 Å². The molecule has 2 heterocycles. The Kier molecular flexibility index (Phi) is 4.84. The number of ether oxygens (including phenoxy) is 1. The Hall–Kier alpha value is -1.56. The molecule has 3 rings (SSSR count). The van der Waals surface area contributed by atoms with E-state index < -0.39 is 0 Å². The molecule has 2 amide bonds. The molecular formula is C19H25BrN2O3. The topological polar surface area (TPSA) is 67.4 Å². The Morgan fingerprint density at radius 2 is 2.12 bits per heavy atom. The molecule has 2 aliphatic rings. The minimum Gasteiger partial charge on any atom is -0.486 e. The Balaban J connectivity index is 1.69. The number of fused-ring (bicyclic) bond motifs is 1. The van der Waals surface area contributed by atoms with Gasteiger partial charge in [-0.25, -0.2) is 0 Å². The van der Waals surface area contributed by atoms with Crippen LogP contribution in [-0.4, -0.2) is 30.0 Å². The number of carbonyl (C=O) groups is 2. The molecule has 0 spiro atoms. The van der Waals surface area contributed by atoms with Gasteiger partial charge in [-0.15, -0.1) is 0 Å². The number of benzene rings is 1. The lowest BCUT2D eigenvalue weighted by molar-refractivity contribution is -0.129. The van der Waals surface area contributed by atoms with Crippen molar-refractivity contribution in [3.63, 3.8) is 0 Å². The molecule has 3 unspecified atom stereocenters. The first kappa shape index (κ1) is 18.2. The fraction of sp³-hybridized carbons (Fsp3) is 0.579. The zero-order valence-electron chi connectivity index (χ0n) is 15.1. The molecule has 0 saturated carbocycles. The van der Waals surface area contributed by atoms with Gasteiger partial charge in [-0.05, 0) is 61.2 Å². The van der Waals surface area contributed by atoms with Gasteiger partial charge in [-0.1, -0.05) is 6.92 Å². The van der Waals surface area contributed by atoms with Crippen molar-refractivity contribution in [3.8, 4) is 5.75 Å². The van der Waals surface area contributed by atoms with E-state index in [0.717, 1.165) is 28.6 Å². The van der Waals surface area contributed by atoms with Crippen molar-refractivity contribution in [2.75, 3.05) is 6.54 Å². The van der Waals surface area contributed by atoms with E-state index in [2.05, 4.69) is 33.5 Å². The predicted molar refractivity (Wildman–Crippen MR) is 99.8 cm³/mol. The first-order chi connectivity index (χ1) is 11.7. The van der Waals surface area contributed by atoms with E-state index in [-0.39, 0.29) is 35.3 Å². The molecular weight excluding hydrogens is 384 g/mol. The average Bonchev–Trinajstić information content (AvgIpc) is 2.80. The Morgan fingerprint density at radius 3 is 2.80 bits per heavy atom. The zero-order chi connectivity index (χ0) is 18.4. The highest BCUT2D eigenvalue weighted by Crippen LogP contribution is 2.41. The maximum absolute atomic E-state index is 12.6. The van der Waals surface area contributed by atoms with Crippen LogP contribution in [0.4, 0.5) is 0 Å². The molecule has 2 N–H and O–H groups in total. The molecule has 25 heavy (non-hydrogen) atoms. The lowest BCUT2D eigenvalue weighted by Crippen LogP contribution is -2.50. The van der Waals surface area contributed by atoms with Crippen LogP contribution in [0.1, 0.15) is 50.0 Å². The van der Waals surface area contributed by atoms with Gasteiger partial charge in [0.1, 0.15) is 11.4 Å². The number of hydrogen-bond donors (Lipinski definition) is 2. The van der Waals surface area contributed by atoms with Gasteiger partial charge in [0.05, 0.1) is 10.4 Å². The maximum atomic E-state index is 12.6. The highest BCUT2D eigenvalue weighted by atomic mass is 79.9. The van der Waals surface area contributed by atoms with E-state index in [1.807, 2.05) is 26.8 Å². The number of carbonyl (C=O) groups excluding carboxylic acids is 2. The van der Waals surface area contributed by atoms with E-state index >= 15 is 0 Å². The quantitative estimate of drug-likeness (QED) is 0.807. The summed E-state index contributed by atoms with van der Waals surface area (Å²) >= 11 is 3.50. The van der Waals surface area contributed by atoms with Crippen molar-refractivity contribution >= 4 is 27.7 Å². The van der Waals surface area contributed by atoms with E-state index in [4.69, 9.17) is 4.74 Å². The van der Waals surface area contributed by atoms with Gasteiger partial charge in [0.2, 0.25) is 5.91 Å². The normalized spacial score (nSPS) is 27.2. The van der Waals surface area contributed by atoms with Gasteiger partial charge in [0.15, 0.2) is 0 Å². The second kappa shape index (κ2) is 6.63. The Bertz CT molecular complexity index is 717. The Labute approximate surface area is 157 Å². The molecule has 1 aromatic rings. The third kappa shape index (κ3) is 3.84. The lowest BCUT2D eigenvalue weighted by Gasteiger charge is -2.32. The van der Waals surface area contributed by atoms with Gasteiger partial charge in [0, 0.05) is 30.1 Å². The zero-order valence-corrected chi connectivity index (χ0v) is 16.7. The molecule has 3 atom stereocenters. The summed E-state index contributed by atoms with van der Waals surface area (Å²) in [6.45, 7) is 8.49. The standard InChI is InChI=1S/C19H25BrN2O3/c1-10-5-11(2)22-18(24)14(10)9-21-17(23)12-6-13-8-19(3,4)25-16(13)15(20)7-12/h6-7,10-11,14H,5,8-9H2,1-4H3,(H,21,23)(H,22,24). The molecule has 1 saturated heterocycles. The van der Waals surface area contributed by atoms with Crippen LogP contribution >= 0.6 is 15.9 Å². The Morgan fingerprint density at radius 1 is 1.40 bits per heavy atom. The molecule has 0 aromatic heterocycles. The summed E-state index contributed by atoms with van der Waals surface area (Å²) < 4.78 is 6.71. The van der Waals surface area contributed by atoms with Gasteiger partial charge < -0.3 is 15.4 Å². The lowest BCUT2D eigenvalue weighted by atomic mass is 9.84. The molecule has 0 aliphatic carbocycles. The van der Waals surface area contributed by atoms with Crippen LogP contribution in [0.5, 0.6) is 5.75 Å². The second-order valence-corrected chi connectivity index (χ2v) is 8.78. The SMILES string of the molecule is CC1CC(C)C(CNC(=O)c2cc(Br)c3c(c2)CC(C)(C)O3)C(=O)N1. The number of rotatable bonds is 3. The van der Waals surface area contributed by atoms with Crippen molar-refractivity contribution in [3.05, 3.63) is 27.7 Å². The van der Waals surface area contributed by atoms with Gasteiger partial charge in [-0.3, -0.25) is 9.59 Å². The first-order valence-corrected chi connectivity index (χ1v) is 9.55. The fourth-order valence-corrected chi connectivity index (χ4v) is 4.37. The molecule has 0 bridgehead atoms. The fourth-order valence-electron chi connectivity index (χ4n) is 3.79. The summed E-state index contributed by atoms with van der Waals surface area (Å²) in [6.07, 6.45) is 1.70. The molecule has 2 aliphatic heterocycles. The summed E-state index contributed by atoms with van der Waals surface area (Å²) in [4.78, 5) is 24.7. The van der Waals surface area contributed by atoms with Gasteiger partial charge >= 0.3 is 0 Å². The first-order valence-electron chi connectivity index (χ1n) is 8.76. The van der Waals surface area contributed by atoms with Crippen LogP contribution in [0.15, 0.2) is 16.6 Å². The average molecular weight is 409 g/mol. The van der Waals surface area contributed by atoms with Crippen molar-refractivity contribution in [1.82, 2.24) is 10.6 Å². The van der Waals surface area contributed by atoms with Crippen LogP contribution in [0.2, 0.25) is 0 Å². The predicted octanol–water partition coefficient (Wildman–Crippen LogP) is 3.05. The molecule has 5 nitrogen and oxygen atoms in total. The second-order valence-electron chi connectivity index (χ2n) is 7.92. The monoisotopic (exact) mass is 408 g/mol. The number of amides is 2. The molecule has 136 valence electrons. The molecule has 6 heteroatoms. The third-order valence-electron chi connectivity index (χ3n) is 5.00. The summed E-state index contributed by atoms with van der Waals surface area (Å²) in [5, 5.41) is 5.88. The third-order valence-corrected chi connectivity index (χ3v) is 5.59. The van der Waals surface area contributed by atoms with Crippen molar-refractivity contribution in [2.45, 2.75) is 52.2 Å². The van der Waals surface area contributed by atoms with Gasteiger partial charge in [-0.2, -0.15) is 0 Å². The van der Waals surface area contributed by atoms with Crippen LogP contribution in [-0.2, 0) is 11.2 Å². The van der Waals surface area contributed by atoms with Gasteiger partial charge in [0.25, 0.3) is 5.91 Å². The van der Waals surface area contributed by atoms with Crippen molar-refractivity contribution in [1.29, 1.82) is 0 Å². The number of halogens is 1. The minimum atomic E-state index is -0.258. The molecule has 1 aromatic carbocycles. The number of nitrogens with one attached hydrogen (secondary N) is 2. The molecule has 1 fully saturated rings. The largest absolute Gasteiger partial charge is 0.486 e.